The Morgan fingerprint density at radius 3 is 2.79 bits per heavy atom. The molecule has 0 spiro atoms. The number of nitrogens with one attached hydrogen (secondary N) is 1. The fourth-order valence-corrected chi connectivity index (χ4v) is 3.53. The van der Waals surface area contributed by atoms with E-state index in [1.165, 1.54) is 4.90 Å². The minimum Gasteiger partial charge on any atom is -0.454 e. The smallest absolute Gasteiger partial charge is 0.326 e. The summed E-state index contributed by atoms with van der Waals surface area (Å²) in [6, 6.07) is 4.62. The normalized spacial score (nSPS) is 15.3. The van der Waals surface area contributed by atoms with E-state index in [0.717, 1.165) is 11.8 Å². The van der Waals surface area contributed by atoms with Crippen LogP contribution in [0.4, 0.5) is 4.79 Å². The monoisotopic (exact) mass is 390 g/mol. The molecule has 0 saturated carbocycles. The molecule has 0 radical (unpaired) electrons. The summed E-state index contributed by atoms with van der Waals surface area (Å²) < 4.78 is 4.89. The Bertz CT molecular complexity index is 656. The summed E-state index contributed by atoms with van der Waals surface area (Å²) in [6.07, 6.45) is 0. The summed E-state index contributed by atoms with van der Waals surface area (Å²) in [4.78, 5) is 36.3. The molecule has 130 valence electrons. The van der Waals surface area contributed by atoms with Crippen molar-refractivity contribution in [1.82, 2.24) is 10.2 Å². The Kier molecular flexibility index (Phi) is 6.77. The highest BCUT2D eigenvalue weighted by atomic mass is 35.5. The quantitative estimate of drug-likeness (QED) is 0.755. The molecule has 1 aliphatic heterocycles. The van der Waals surface area contributed by atoms with E-state index in [4.69, 9.17) is 27.9 Å². The van der Waals surface area contributed by atoms with Crippen molar-refractivity contribution in [1.29, 1.82) is 0 Å². The lowest BCUT2D eigenvalue weighted by atomic mass is 10.1. The van der Waals surface area contributed by atoms with Crippen LogP contribution in [0.1, 0.15) is 18.5 Å². The summed E-state index contributed by atoms with van der Waals surface area (Å²) in [7, 11) is 0. The van der Waals surface area contributed by atoms with Gasteiger partial charge in [0.2, 0.25) is 0 Å². The lowest BCUT2D eigenvalue weighted by Crippen LogP contribution is -2.35. The van der Waals surface area contributed by atoms with Crippen LogP contribution in [0.2, 0.25) is 10.0 Å². The third-order valence-corrected chi connectivity index (χ3v) is 4.79. The minimum absolute atomic E-state index is 0.141. The summed E-state index contributed by atoms with van der Waals surface area (Å²) in [5.74, 6) is -0.409. The molecule has 1 N–H and O–H groups in total. The number of nitrogens with zero attached hydrogens (tertiary/aromatic N) is 1. The van der Waals surface area contributed by atoms with Gasteiger partial charge in [-0.25, -0.2) is 0 Å². The van der Waals surface area contributed by atoms with Gasteiger partial charge in [-0.1, -0.05) is 41.0 Å². The van der Waals surface area contributed by atoms with Gasteiger partial charge in [0.1, 0.15) is 6.54 Å². The molecule has 2 amide bonds. The second kappa shape index (κ2) is 8.60. The SMILES string of the molecule is C[C@H](NC(=O)COC(=O)CN1CCSC1=O)c1ccc(Cl)cc1Cl. The number of carbonyl (C=O) groups is 3. The predicted molar refractivity (Wildman–Crippen MR) is 93.4 cm³/mol. The summed E-state index contributed by atoms with van der Waals surface area (Å²) >= 11 is 13.1. The van der Waals surface area contributed by atoms with Crippen LogP contribution in [-0.4, -0.2) is 47.5 Å². The van der Waals surface area contributed by atoms with Crippen LogP contribution in [0.25, 0.3) is 0 Å². The highest BCUT2D eigenvalue weighted by Crippen LogP contribution is 2.26. The first-order chi connectivity index (χ1) is 11.4. The molecule has 1 atom stereocenters. The van der Waals surface area contributed by atoms with E-state index in [-0.39, 0.29) is 17.8 Å². The van der Waals surface area contributed by atoms with Gasteiger partial charge in [0.25, 0.3) is 11.1 Å². The molecule has 9 heteroatoms. The highest BCUT2D eigenvalue weighted by Gasteiger charge is 2.24. The summed E-state index contributed by atoms with van der Waals surface area (Å²) in [5.41, 5.74) is 0.709. The van der Waals surface area contributed by atoms with Gasteiger partial charge in [-0.3, -0.25) is 14.4 Å². The molecule has 1 aromatic rings. The molecule has 0 aromatic heterocycles. The van der Waals surface area contributed by atoms with Gasteiger partial charge in [0, 0.05) is 22.3 Å². The number of thioether (sulfide) groups is 1. The Labute approximate surface area is 153 Å². The minimum atomic E-state index is -0.613. The first-order valence-corrected chi connectivity index (χ1v) is 8.92. The summed E-state index contributed by atoms with van der Waals surface area (Å²) in [6.45, 7) is 1.72. The topological polar surface area (TPSA) is 75.7 Å². The van der Waals surface area contributed by atoms with Gasteiger partial charge in [-0.2, -0.15) is 0 Å². The van der Waals surface area contributed by atoms with Gasteiger partial charge >= 0.3 is 5.97 Å². The highest BCUT2D eigenvalue weighted by molar-refractivity contribution is 8.13. The van der Waals surface area contributed by atoms with Crippen LogP contribution in [-0.2, 0) is 14.3 Å². The largest absolute Gasteiger partial charge is 0.454 e. The molecule has 6 nitrogen and oxygen atoms in total. The molecular formula is C15H16Cl2N2O4S. The lowest BCUT2D eigenvalue weighted by molar-refractivity contribution is -0.149. The summed E-state index contributed by atoms with van der Waals surface area (Å²) in [5, 5.41) is 3.48. The van der Waals surface area contributed by atoms with E-state index in [1.54, 1.807) is 25.1 Å². The van der Waals surface area contributed by atoms with Crippen molar-refractivity contribution < 1.29 is 19.1 Å². The zero-order chi connectivity index (χ0) is 17.7. The average Bonchev–Trinajstić information content (AvgIpc) is 2.90. The van der Waals surface area contributed by atoms with Crippen LogP contribution in [0, 0.1) is 0 Å². The van der Waals surface area contributed by atoms with Crippen molar-refractivity contribution in [2.75, 3.05) is 25.4 Å². The van der Waals surface area contributed by atoms with Crippen molar-refractivity contribution in [3.05, 3.63) is 33.8 Å². The van der Waals surface area contributed by atoms with E-state index >= 15 is 0 Å². The van der Waals surface area contributed by atoms with Crippen molar-refractivity contribution in [2.24, 2.45) is 0 Å². The number of amides is 2. The van der Waals surface area contributed by atoms with Gasteiger partial charge < -0.3 is 15.0 Å². The Morgan fingerprint density at radius 1 is 1.42 bits per heavy atom. The molecule has 0 aliphatic carbocycles. The van der Waals surface area contributed by atoms with Gasteiger partial charge in [-0.05, 0) is 24.6 Å². The van der Waals surface area contributed by atoms with E-state index < -0.39 is 18.5 Å². The zero-order valence-electron chi connectivity index (χ0n) is 12.9. The van der Waals surface area contributed by atoms with Crippen LogP contribution in [0.15, 0.2) is 18.2 Å². The van der Waals surface area contributed by atoms with Crippen molar-refractivity contribution >= 4 is 52.1 Å². The Morgan fingerprint density at radius 2 is 2.17 bits per heavy atom. The number of hydrogen-bond acceptors (Lipinski definition) is 5. The van der Waals surface area contributed by atoms with E-state index in [2.05, 4.69) is 5.32 Å². The molecular weight excluding hydrogens is 375 g/mol. The fraction of sp³-hybridized carbons (Fsp3) is 0.400. The standard InChI is InChI=1S/C15H16Cl2N2O4S/c1-9(11-3-2-10(16)6-12(11)17)18-13(20)8-23-14(21)7-19-4-5-24-15(19)22/h2-3,6,9H,4-5,7-8H2,1H3,(H,18,20)/t9-/m0/s1. The van der Waals surface area contributed by atoms with Gasteiger partial charge in [0.05, 0.1) is 6.04 Å². The van der Waals surface area contributed by atoms with Gasteiger partial charge in [0.15, 0.2) is 6.61 Å². The maximum Gasteiger partial charge on any atom is 0.326 e. The molecule has 0 bridgehead atoms. The van der Waals surface area contributed by atoms with Crippen molar-refractivity contribution in [2.45, 2.75) is 13.0 Å². The maximum absolute atomic E-state index is 11.9. The third kappa shape index (κ3) is 5.29. The molecule has 0 unspecified atom stereocenters. The molecule has 1 fully saturated rings. The number of carbonyl (C=O) groups excluding carboxylic acids is 3. The number of esters is 1. The molecule has 1 heterocycles. The third-order valence-electron chi connectivity index (χ3n) is 3.34. The Hall–Kier alpha value is -1.44. The second-order valence-electron chi connectivity index (χ2n) is 5.15. The zero-order valence-corrected chi connectivity index (χ0v) is 15.2. The second-order valence-corrected chi connectivity index (χ2v) is 7.04. The molecule has 1 saturated heterocycles. The predicted octanol–water partition coefficient (Wildman–Crippen LogP) is 2.88. The Balaban J connectivity index is 1.78. The first kappa shape index (κ1) is 18.9. The van der Waals surface area contributed by atoms with Crippen LogP contribution >= 0.6 is 35.0 Å². The fourth-order valence-electron chi connectivity index (χ4n) is 2.13. The molecule has 1 aromatic carbocycles. The number of halogens is 2. The first-order valence-electron chi connectivity index (χ1n) is 7.18. The van der Waals surface area contributed by atoms with E-state index in [9.17, 15) is 14.4 Å². The molecule has 24 heavy (non-hydrogen) atoms. The van der Waals surface area contributed by atoms with Crippen molar-refractivity contribution in [3.8, 4) is 0 Å². The van der Waals surface area contributed by atoms with Crippen molar-refractivity contribution in [3.63, 3.8) is 0 Å². The number of benzene rings is 1. The lowest BCUT2D eigenvalue weighted by Gasteiger charge is -2.17. The number of ether oxygens (including phenoxy) is 1. The van der Waals surface area contributed by atoms with E-state index in [1.807, 2.05) is 0 Å². The number of rotatable bonds is 6. The maximum atomic E-state index is 11.9. The van der Waals surface area contributed by atoms with Crippen LogP contribution in [0.5, 0.6) is 0 Å². The van der Waals surface area contributed by atoms with E-state index in [0.29, 0.717) is 27.9 Å². The molecule has 1 aliphatic rings. The van der Waals surface area contributed by atoms with Crippen LogP contribution < -0.4 is 5.32 Å². The van der Waals surface area contributed by atoms with Gasteiger partial charge in [-0.15, -0.1) is 0 Å². The van der Waals surface area contributed by atoms with Crippen LogP contribution in [0.3, 0.4) is 0 Å². The average molecular weight is 391 g/mol. The number of hydrogen-bond donors (Lipinski definition) is 1. The molecule has 2 rings (SSSR count).